The number of nitrogens with one attached hydrogen (secondary N) is 1. The van der Waals surface area contributed by atoms with Crippen LogP contribution in [0.2, 0.25) is 0 Å². The van der Waals surface area contributed by atoms with E-state index in [1.807, 2.05) is 43.3 Å². The number of methoxy groups -OCH3 is 1. The molecule has 0 fully saturated rings. The Morgan fingerprint density at radius 1 is 1.35 bits per heavy atom. The molecular weight excluding hydrogens is 334 g/mol. The van der Waals surface area contributed by atoms with Gasteiger partial charge < -0.3 is 14.6 Å². The van der Waals surface area contributed by atoms with Crippen LogP contribution in [0.5, 0.6) is 0 Å². The lowest BCUT2D eigenvalue weighted by Crippen LogP contribution is -2.30. The van der Waals surface area contributed by atoms with Crippen molar-refractivity contribution in [2.75, 3.05) is 12.4 Å². The summed E-state index contributed by atoms with van der Waals surface area (Å²) in [5.41, 5.74) is 3.27. The maximum absolute atomic E-state index is 11.9. The Hall–Kier alpha value is -2.97. The topological polar surface area (TPSA) is 99.8 Å². The molecule has 0 bridgehead atoms. The van der Waals surface area contributed by atoms with Crippen LogP contribution in [-0.2, 0) is 23.1 Å². The van der Waals surface area contributed by atoms with Crippen molar-refractivity contribution >= 4 is 23.0 Å². The predicted octanol–water partition coefficient (Wildman–Crippen LogP) is 1.92. The summed E-state index contributed by atoms with van der Waals surface area (Å²) in [5.74, 6) is 0.928. The van der Waals surface area contributed by atoms with Gasteiger partial charge in [0, 0.05) is 19.3 Å². The normalized spacial score (nSPS) is 12.3. The Morgan fingerprint density at radius 2 is 2.12 bits per heavy atom. The van der Waals surface area contributed by atoms with Crippen molar-refractivity contribution in [1.82, 2.24) is 29.3 Å². The van der Waals surface area contributed by atoms with E-state index < -0.39 is 6.04 Å². The largest absolute Gasteiger partial charge is 0.467 e. The third-order valence-electron chi connectivity index (χ3n) is 4.50. The highest BCUT2D eigenvalue weighted by Gasteiger charge is 2.22. The Bertz CT molecular complexity index is 944. The molecule has 9 heteroatoms. The minimum Gasteiger partial charge on any atom is -0.467 e. The molecule has 9 nitrogen and oxygen atoms in total. The van der Waals surface area contributed by atoms with Gasteiger partial charge in [0.05, 0.1) is 18.9 Å². The highest BCUT2D eigenvalue weighted by atomic mass is 16.5. The Labute approximate surface area is 151 Å². The lowest BCUT2D eigenvalue weighted by Gasteiger charge is -2.14. The fourth-order valence-corrected chi connectivity index (χ4v) is 2.97. The van der Waals surface area contributed by atoms with E-state index in [2.05, 4.69) is 20.4 Å². The fraction of sp³-hybridized carbons (Fsp3) is 0.471. The van der Waals surface area contributed by atoms with Gasteiger partial charge in [0.25, 0.3) is 0 Å². The first-order valence-corrected chi connectivity index (χ1v) is 8.56. The van der Waals surface area contributed by atoms with Gasteiger partial charge in [-0.1, -0.05) is 6.92 Å². The van der Waals surface area contributed by atoms with Crippen LogP contribution in [0.25, 0.3) is 22.6 Å². The zero-order chi connectivity index (χ0) is 18.8. The summed E-state index contributed by atoms with van der Waals surface area (Å²) in [6.07, 6.45) is 3.84. The first-order valence-electron chi connectivity index (χ1n) is 8.56. The minimum atomic E-state index is -0.492. The maximum atomic E-state index is 11.9. The lowest BCUT2D eigenvalue weighted by atomic mass is 10.2. The molecule has 1 unspecified atom stereocenters. The van der Waals surface area contributed by atoms with Crippen LogP contribution in [0.15, 0.2) is 12.5 Å². The minimum absolute atomic E-state index is 0.338. The number of rotatable bonds is 6. The number of esters is 1. The monoisotopic (exact) mass is 357 g/mol. The number of anilines is 1. The molecule has 0 amide bonds. The van der Waals surface area contributed by atoms with E-state index in [0.717, 1.165) is 23.6 Å². The molecule has 0 saturated carbocycles. The molecule has 0 radical (unpaired) electrons. The lowest BCUT2D eigenvalue weighted by molar-refractivity contribution is -0.141. The molecule has 1 N–H and O–H groups in total. The third-order valence-corrected chi connectivity index (χ3v) is 4.50. The number of imidazole rings is 1. The summed E-state index contributed by atoms with van der Waals surface area (Å²) < 4.78 is 8.66. The number of aromatic nitrogens is 6. The number of nitrogens with zero attached hydrogens (tertiary/aromatic N) is 6. The van der Waals surface area contributed by atoms with Crippen molar-refractivity contribution in [1.29, 1.82) is 0 Å². The highest BCUT2D eigenvalue weighted by molar-refractivity contribution is 5.89. The zero-order valence-corrected chi connectivity index (χ0v) is 15.6. The highest BCUT2D eigenvalue weighted by Crippen LogP contribution is 2.28. The van der Waals surface area contributed by atoms with Gasteiger partial charge in [-0.05, 0) is 20.3 Å². The second kappa shape index (κ2) is 7.11. The van der Waals surface area contributed by atoms with Crippen molar-refractivity contribution in [3.05, 3.63) is 18.2 Å². The Balaban J connectivity index is 2.08. The average molecular weight is 357 g/mol. The number of carbonyl (C=O) groups excluding carboxylic acids is 1. The molecule has 0 spiro atoms. The average Bonchev–Trinajstić information content (AvgIpc) is 3.19. The molecule has 0 aliphatic rings. The van der Waals surface area contributed by atoms with E-state index >= 15 is 0 Å². The first-order chi connectivity index (χ1) is 12.5. The van der Waals surface area contributed by atoms with Crippen molar-refractivity contribution in [2.24, 2.45) is 7.05 Å². The van der Waals surface area contributed by atoms with Crippen molar-refractivity contribution in [3.63, 3.8) is 0 Å². The smallest absolute Gasteiger partial charge is 0.328 e. The molecule has 0 aliphatic carbocycles. The van der Waals surface area contributed by atoms with Crippen molar-refractivity contribution < 1.29 is 9.53 Å². The Kier molecular flexibility index (Phi) is 4.88. The van der Waals surface area contributed by atoms with Crippen LogP contribution >= 0.6 is 0 Å². The zero-order valence-electron chi connectivity index (χ0n) is 15.6. The summed E-state index contributed by atoms with van der Waals surface area (Å²) in [7, 11) is 3.27. The van der Waals surface area contributed by atoms with Crippen LogP contribution in [0.4, 0.5) is 5.82 Å². The summed E-state index contributed by atoms with van der Waals surface area (Å²) in [4.78, 5) is 25.3. The number of aryl methyl sites for hydroxylation is 2. The van der Waals surface area contributed by atoms with Gasteiger partial charge in [-0.2, -0.15) is 5.10 Å². The second-order valence-electron chi connectivity index (χ2n) is 5.98. The maximum Gasteiger partial charge on any atom is 0.328 e. The molecule has 1 atom stereocenters. The van der Waals surface area contributed by atoms with E-state index in [-0.39, 0.29) is 5.97 Å². The molecular formula is C17H23N7O2. The van der Waals surface area contributed by atoms with E-state index in [4.69, 9.17) is 9.72 Å². The fourth-order valence-electron chi connectivity index (χ4n) is 2.97. The number of fused-ring (bicyclic) bond motifs is 1. The van der Waals surface area contributed by atoms with Gasteiger partial charge in [-0.3, -0.25) is 4.68 Å². The van der Waals surface area contributed by atoms with Crippen molar-refractivity contribution in [2.45, 2.75) is 39.8 Å². The van der Waals surface area contributed by atoms with Gasteiger partial charge in [0.15, 0.2) is 17.0 Å². The number of hydrogen-bond donors (Lipinski definition) is 1. The molecule has 3 aromatic heterocycles. The first kappa shape index (κ1) is 17.8. The number of carbonyl (C=O) groups is 1. The van der Waals surface area contributed by atoms with Crippen molar-refractivity contribution in [3.8, 4) is 11.4 Å². The number of hydrogen-bond acceptors (Lipinski definition) is 7. The van der Waals surface area contributed by atoms with Crippen LogP contribution in [0.3, 0.4) is 0 Å². The van der Waals surface area contributed by atoms with Gasteiger partial charge >= 0.3 is 5.97 Å². The van der Waals surface area contributed by atoms with Gasteiger partial charge in [0.1, 0.15) is 18.2 Å². The molecule has 26 heavy (non-hydrogen) atoms. The summed E-state index contributed by atoms with van der Waals surface area (Å²) in [6, 6.07) is -0.492. The van der Waals surface area contributed by atoms with Crippen LogP contribution in [0.1, 0.15) is 26.0 Å². The predicted molar refractivity (Wildman–Crippen MR) is 97.7 cm³/mol. The van der Waals surface area contributed by atoms with Gasteiger partial charge in [-0.25, -0.2) is 19.7 Å². The molecule has 0 aliphatic heterocycles. The van der Waals surface area contributed by atoms with Crippen LogP contribution in [-0.4, -0.2) is 48.4 Å². The van der Waals surface area contributed by atoms with Gasteiger partial charge in [0.2, 0.25) is 0 Å². The van der Waals surface area contributed by atoms with E-state index in [1.165, 1.54) is 13.4 Å². The van der Waals surface area contributed by atoms with E-state index in [0.29, 0.717) is 23.4 Å². The van der Waals surface area contributed by atoms with E-state index in [1.54, 1.807) is 0 Å². The molecule has 3 aromatic rings. The van der Waals surface area contributed by atoms with Crippen LogP contribution < -0.4 is 5.32 Å². The second-order valence-corrected chi connectivity index (χ2v) is 5.98. The molecule has 3 heterocycles. The molecule has 0 aromatic carbocycles. The quantitative estimate of drug-likeness (QED) is 0.673. The standard InChI is InChI=1S/C17H23N7O2/c1-6-12(17(25)26-5)21-14-13-16(19-9-18-14)23(4)15(22-13)11-8-20-24(7-2)10(11)3/h8-9,12H,6-7H2,1-5H3,(H,18,19,21). The molecule has 0 saturated heterocycles. The molecule has 3 rings (SSSR count). The summed E-state index contributed by atoms with van der Waals surface area (Å²) in [6.45, 7) is 6.75. The Morgan fingerprint density at radius 3 is 2.73 bits per heavy atom. The van der Waals surface area contributed by atoms with E-state index in [9.17, 15) is 4.79 Å². The van der Waals surface area contributed by atoms with Gasteiger partial charge in [-0.15, -0.1) is 0 Å². The summed E-state index contributed by atoms with van der Waals surface area (Å²) >= 11 is 0. The van der Waals surface area contributed by atoms with Crippen LogP contribution in [0, 0.1) is 6.92 Å². The number of ether oxygens (including phenoxy) is 1. The molecule has 138 valence electrons. The SMILES string of the molecule is CCC(Nc1ncnc2c1nc(-c1cnn(CC)c1C)n2C)C(=O)OC. The third kappa shape index (κ3) is 2.89. The summed E-state index contributed by atoms with van der Waals surface area (Å²) in [5, 5.41) is 7.51.